The molecule has 6 nitrogen and oxygen atoms in total. The molecule has 29 heavy (non-hydrogen) atoms. The normalized spacial score (nSPS) is 15.0. The van der Waals surface area contributed by atoms with Crippen molar-refractivity contribution in [3.63, 3.8) is 0 Å². The largest absolute Gasteiger partial charge is 0.493 e. The average molecular weight is 395 g/mol. The van der Waals surface area contributed by atoms with Crippen LogP contribution in [0.15, 0.2) is 36.4 Å². The molecule has 0 saturated carbocycles. The third-order valence-corrected chi connectivity index (χ3v) is 4.66. The van der Waals surface area contributed by atoms with E-state index in [4.69, 9.17) is 14.2 Å². The van der Waals surface area contributed by atoms with Crippen LogP contribution in [0.25, 0.3) is 6.08 Å². The molecule has 0 aliphatic carbocycles. The van der Waals surface area contributed by atoms with Crippen molar-refractivity contribution in [2.45, 2.75) is 33.3 Å². The summed E-state index contributed by atoms with van der Waals surface area (Å²) in [4.78, 5) is 24.2. The quantitative estimate of drug-likeness (QED) is 0.587. The second-order valence-electron chi connectivity index (χ2n) is 6.91. The Hall–Kier alpha value is -3.28. The van der Waals surface area contributed by atoms with Gasteiger partial charge in [0.2, 0.25) is 5.91 Å². The third kappa shape index (κ3) is 4.77. The Balaban J connectivity index is 1.79. The van der Waals surface area contributed by atoms with Crippen LogP contribution in [-0.2, 0) is 16.0 Å². The lowest BCUT2D eigenvalue weighted by atomic mass is 10.1. The lowest BCUT2D eigenvalue weighted by molar-refractivity contribution is -0.111. The van der Waals surface area contributed by atoms with Crippen molar-refractivity contribution in [1.82, 2.24) is 0 Å². The Morgan fingerprint density at radius 3 is 2.79 bits per heavy atom. The van der Waals surface area contributed by atoms with Gasteiger partial charge in [0.15, 0.2) is 0 Å². The minimum absolute atomic E-state index is 0.132. The molecule has 1 aliphatic rings. The van der Waals surface area contributed by atoms with Crippen LogP contribution in [0.5, 0.6) is 11.5 Å². The summed E-state index contributed by atoms with van der Waals surface area (Å²) in [6.45, 7) is 6.33. The molecule has 3 rings (SSSR count). The molecule has 0 unspecified atom stereocenters. The van der Waals surface area contributed by atoms with Gasteiger partial charge in [0.25, 0.3) is 0 Å². The van der Waals surface area contributed by atoms with Gasteiger partial charge in [0.05, 0.1) is 19.3 Å². The van der Waals surface area contributed by atoms with Crippen LogP contribution in [-0.4, -0.2) is 31.7 Å². The Morgan fingerprint density at radius 2 is 2.07 bits per heavy atom. The van der Waals surface area contributed by atoms with Crippen LogP contribution in [0.2, 0.25) is 0 Å². The summed E-state index contributed by atoms with van der Waals surface area (Å²) >= 11 is 0. The van der Waals surface area contributed by atoms with E-state index in [2.05, 4.69) is 5.32 Å². The molecule has 1 atom stereocenters. The summed E-state index contributed by atoms with van der Waals surface area (Å²) in [6.07, 6.45) is 4.11. The smallest absolute Gasteiger partial charge is 0.337 e. The Kier molecular flexibility index (Phi) is 6.22. The monoisotopic (exact) mass is 395 g/mol. The number of nitrogens with one attached hydrogen (secondary N) is 1. The van der Waals surface area contributed by atoms with Crippen molar-refractivity contribution in [3.05, 3.63) is 58.7 Å². The van der Waals surface area contributed by atoms with Crippen LogP contribution < -0.4 is 14.8 Å². The van der Waals surface area contributed by atoms with Gasteiger partial charge in [-0.3, -0.25) is 4.79 Å². The number of hydrogen-bond donors (Lipinski definition) is 1. The summed E-state index contributed by atoms with van der Waals surface area (Å²) in [6, 6.07) is 8.90. The van der Waals surface area contributed by atoms with Gasteiger partial charge in [0.1, 0.15) is 17.6 Å². The van der Waals surface area contributed by atoms with Crippen LogP contribution in [0.3, 0.4) is 0 Å². The van der Waals surface area contributed by atoms with E-state index in [-0.39, 0.29) is 12.0 Å². The second-order valence-corrected chi connectivity index (χ2v) is 6.91. The highest BCUT2D eigenvalue weighted by atomic mass is 16.5. The predicted octanol–water partition coefficient (Wildman–Crippen LogP) is 4.16. The van der Waals surface area contributed by atoms with E-state index in [1.165, 1.54) is 13.2 Å². The maximum absolute atomic E-state index is 12.5. The topological polar surface area (TPSA) is 73.9 Å². The molecule has 0 aromatic heterocycles. The summed E-state index contributed by atoms with van der Waals surface area (Å²) in [7, 11) is 1.32. The number of aryl methyl sites for hydroxylation is 1. The van der Waals surface area contributed by atoms with Crippen LogP contribution in [0.4, 0.5) is 5.69 Å². The summed E-state index contributed by atoms with van der Waals surface area (Å²) < 4.78 is 16.3. The van der Waals surface area contributed by atoms with Crippen molar-refractivity contribution in [2.24, 2.45) is 0 Å². The van der Waals surface area contributed by atoms with Crippen LogP contribution >= 0.6 is 0 Å². The fourth-order valence-electron chi connectivity index (χ4n) is 3.21. The predicted molar refractivity (Wildman–Crippen MR) is 112 cm³/mol. The van der Waals surface area contributed by atoms with E-state index in [0.717, 1.165) is 34.6 Å². The molecule has 1 N–H and O–H groups in total. The molecule has 152 valence electrons. The van der Waals surface area contributed by atoms with E-state index in [9.17, 15) is 9.59 Å². The second kappa shape index (κ2) is 8.82. The van der Waals surface area contributed by atoms with E-state index >= 15 is 0 Å². The van der Waals surface area contributed by atoms with Crippen LogP contribution in [0.1, 0.15) is 40.9 Å². The van der Waals surface area contributed by atoms with E-state index in [1.54, 1.807) is 24.3 Å². The molecule has 0 saturated heterocycles. The SMILES string of the molecule is CCOc1cc2c(cc1/C=C/C(=O)Nc1cc(C(=O)OC)ccc1C)O[C@@H](C)C2. The average Bonchev–Trinajstić information content (AvgIpc) is 3.06. The Morgan fingerprint density at radius 1 is 1.28 bits per heavy atom. The minimum Gasteiger partial charge on any atom is -0.493 e. The first-order valence-corrected chi connectivity index (χ1v) is 9.55. The zero-order valence-corrected chi connectivity index (χ0v) is 17.1. The standard InChI is InChI=1S/C23H25NO5/c1-5-28-20-13-18-10-15(3)29-21(18)12-16(20)8-9-22(25)24-19-11-17(23(26)27-4)7-6-14(19)2/h6-9,11-13,15H,5,10H2,1-4H3,(H,24,25)/b9-8+/t15-/m0/s1. The van der Waals surface area contributed by atoms with Gasteiger partial charge >= 0.3 is 5.97 Å². The molecule has 2 aromatic rings. The molecule has 0 bridgehead atoms. The molecule has 2 aromatic carbocycles. The highest BCUT2D eigenvalue weighted by molar-refractivity contribution is 6.03. The number of carbonyl (C=O) groups is 2. The van der Waals surface area contributed by atoms with Crippen molar-refractivity contribution in [3.8, 4) is 11.5 Å². The number of anilines is 1. The molecule has 6 heteroatoms. The highest BCUT2D eigenvalue weighted by Crippen LogP contribution is 2.35. The fourth-order valence-corrected chi connectivity index (χ4v) is 3.21. The number of ether oxygens (including phenoxy) is 3. The van der Waals surface area contributed by atoms with E-state index in [1.807, 2.05) is 32.9 Å². The fraction of sp³-hybridized carbons (Fsp3) is 0.304. The van der Waals surface area contributed by atoms with Gasteiger partial charge in [-0.25, -0.2) is 4.79 Å². The minimum atomic E-state index is -0.454. The highest BCUT2D eigenvalue weighted by Gasteiger charge is 2.21. The zero-order valence-electron chi connectivity index (χ0n) is 17.1. The van der Waals surface area contributed by atoms with E-state index in [0.29, 0.717) is 17.9 Å². The molecular formula is C23H25NO5. The number of amides is 1. The summed E-state index contributed by atoms with van der Waals surface area (Å²) in [5.41, 5.74) is 3.65. The molecular weight excluding hydrogens is 370 g/mol. The van der Waals surface area contributed by atoms with Gasteiger partial charge < -0.3 is 19.5 Å². The molecule has 1 aliphatic heterocycles. The summed E-state index contributed by atoms with van der Waals surface area (Å²) in [5, 5.41) is 2.81. The lowest BCUT2D eigenvalue weighted by Crippen LogP contribution is -2.10. The lowest BCUT2D eigenvalue weighted by Gasteiger charge is -2.10. The van der Waals surface area contributed by atoms with Crippen molar-refractivity contribution in [1.29, 1.82) is 0 Å². The number of rotatable bonds is 6. The van der Waals surface area contributed by atoms with Gasteiger partial charge in [-0.2, -0.15) is 0 Å². The number of carbonyl (C=O) groups excluding carboxylic acids is 2. The number of fused-ring (bicyclic) bond motifs is 1. The van der Waals surface area contributed by atoms with E-state index < -0.39 is 5.97 Å². The maximum Gasteiger partial charge on any atom is 0.337 e. The number of benzene rings is 2. The van der Waals surface area contributed by atoms with Crippen molar-refractivity contribution < 1.29 is 23.8 Å². The third-order valence-electron chi connectivity index (χ3n) is 4.66. The first-order valence-electron chi connectivity index (χ1n) is 9.55. The van der Waals surface area contributed by atoms with Gasteiger partial charge in [-0.15, -0.1) is 0 Å². The van der Waals surface area contributed by atoms with Gasteiger partial charge in [0, 0.05) is 29.3 Å². The number of methoxy groups -OCH3 is 1. The van der Waals surface area contributed by atoms with Crippen LogP contribution in [0, 0.1) is 6.92 Å². The first kappa shape index (κ1) is 20.5. The molecule has 0 radical (unpaired) electrons. The molecule has 0 fully saturated rings. The Labute approximate surface area is 170 Å². The number of esters is 1. The van der Waals surface area contributed by atoms with Gasteiger partial charge in [-0.05, 0) is 56.7 Å². The van der Waals surface area contributed by atoms with Crippen molar-refractivity contribution in [2.75, 3.05) is 19.0 Å². The number of hydrogen-bond acceptors (Lipinski definition) is 5. The van der Waals surface area contributed by atoms with Crippen molar-refractivity contribution >= 4 is 23.6 Å². The molecule has 1 amide bonds. The summed E-state index contributed by atoms with van der Waals surface area (Å²) in [5.74, 6) is 0.775. The first-order chi connectivity index (χ1) is 13.9. The van der Waals surface area contributed by atoms with Gasteiger partial charge in [-0.1, -0.05) is 6.07 Å². The zero-order chi connectivity index (χ0) is 21.0. The molecule has 1 heterocycles. The molecule has 0 spiro atoms. The Bertz CT molecular complexity index is 964. The maximum atomic E-state index is 12.5.